The highest BCUT2D eigenvalue weighted by Crippen LogP contribution is 2.17. The van der Waals surface area contributed by atoms with Crippen molar-refractivity contribution in [1.29, 1.82) is 0 Å². The van der Waals surface area contributed by atoms with Gasteiger partial charge in [-0.25, -0.2) is 0 Å². The van der Waals surface area contributed by atoms with E-state index in [-0.39, 0.29) is 5.91 Å². The van der Waals surface area contributed by atoms with E-state index >= 15 is 0 Å². The third kappa shape index (κ3) is 5.03. The van der Waals surface area contributed by atoms with Crippen LogP contribution in [0.4, 0.5) is 0 Å². The molecule has 0 spiro atoms. The smallest absolute Gasteiger partial charge is 0.223 e. The van der Waals surface area contributed by atoms with Gasteiger partial charge in [-0.05, 0) is 24.0 Å². The second-order valence-electron chi connectivity index (χ2n) is 5.05. The number of nitrogens with one attached hydrogen (secondary N) is 1. The highest BCUT2D eigenvalue weighted by molar-refractivity contribution is 5.75. The fourth-order valence-corrected chi connectivity index (χ4v) is 2.06. The molecule has 19 heavy (non-hydrogen) atoms. The Morgan fingerprint density at radius 3 is 2.32 bits per heavy atom. The standard InChI is InChI=1S/C16H26N2O/c1-5-13-7-9-14(10-8-13)15(6-2)17-12-11-16(19)18(3)4/h7-10,15,17H,5-6,11-12H2,1-4H3. The largest absolute Gasteiger partial charge is 0.349 e. The van der Waals surface area contributed by atoms with E-state index in [1.807, 2.05) is 0 Å². The lowest BCUT2D eigenvalue weighted by atomic mass is 10.0. The summed E-state index contributed by atoms with van der Waals surface area (Å²) in [6.45, 7) is 5.06. The summed E-state index contributed by atoms with van der Waals surface area (Å²) in [5.74, 6) is 0.170. The molecule has 1 amide bonds. The van der Waals surface area contributed by atoms with Gasteiger partial charge in [-0.15, -0.1) is 0 Å². The predicted molar refractivity (Wildman–Crippen MR) is 80.2 cm³/mol. The van der Waals surface area contributed by atoms with E-state index in [1.54, 1.807) is 19.0 Å². The number of amides is 1. The van der Waals surface area contributed by atoms with Gasteiger partial charge in [-0.1, -0.05) is 38.1 Å². The van der Waals surface area contributed by atoms with Gasteiger partial charge in [-0.2, -0.15) is 0 Å². The molecule has 1 unspecified atom stereocenters. The molecule has 3 heteroatoms. The summed E-state index contributed by atoms with van der Waals surface area (Å²) in [6.07, 6.45) is 2.65. The molecule has 1 aromatic rings. The van der Waals surface area contributed by atoms with Crippen LogP contribution in [0.3, 0.4) is 0 Å². The van der Waals surface area contributed by atoms with E-state index in [9.17, 15) is 4.79 Å². The van der Waals surface area contributed by atoms with Crippen LogP contribution in [-0.2, 0) is 11.2 Å². The molecule has 0 saturated carbocycles. The Balaban J connectivity index is 2.50. The minimum absolute atomic E-state index is 0.170. The molecule has 1 atom stereocenters. The van der Waals surface area contributed by atoms with Crippen LogP contribution < -0.4 is 5.32 Å². The minimum atomic E-state index is 0.170. The Morgan fingerprint density at radius 2 is 1.84 bits per heavy atom. The number of carbonyl (C=O) groups excluding carboxylic acids is 1. The summed E-state index contributed by atoms with van der Waals surface area (Å²) >= 11 is 0. The average Bonchev–Trinajstić information content (AvgIpc) is 2.43. The molecule has 3 nitrogen and oxygen atoms in total. The molecule has 0 aliphatic heterocycles. The maximum absolute atomic E-state index is 11.5. The summed E-state index contributed by atoms with van der Waals surface area (Å²) in [5, 5.41) is 3.46. The average molecular weight is 262 g/mol. The van der Waals surface area contributed by atoms with Gasteiger partial charge in [0.05, 0.1) is 0 Å². The Hall–Kier alpha value is -1.35. The highest BCUT2D eigenvalue weighted by atomic mass is 16.2. The van der Waals surface area contributed by atoms with Crippen molar-refractivity contribution in [3.63, 3.8) is 0 Å². The zero-order valence-electron chi connectivity index (χ0n) is 12.6. The van der Waals surface area contributed by atoms with Gasteiger partial charge < -0.3 is 10.2 Å². The molecule has 0 saturated heterocycles. The molecule has 106 valence electrons. The van der Waals surface area contributed by atoms with Crippen molar-refractivity contribution < 1.29 is 4.79 Å². The highest BCUT2D eigenvalue weighted by Gasteiger charge is 2.10. The van der Waals surface area contributed by atoms with Gasteiger partial charge in [0.15, 0.2) is 0 Å². The van der Waals surface area contributed by atoms with Crippen molar-refractivity contribution >= 4 is 5.91 Å². The number of rotatable bonds is 7. The van der Waals surface area contributed by atoms with Gasteiger partial charge in [0.25, 0.3) is 0 Å². The van der Waals surface area contributed by atoms with E-state index in [0.29, 0.717) is 12.5 Å². The van der Waals surface area contributed by atoms with Crippen LogP contribution in [0.15, 0.2) is 24.3 Å². The Kier molecular flexibility index (Phi) is 6.57. The van der Waals surface area contributed by atoms with Crippen LogP contribution in [0.5, 0.6) is 0 Å². The SMILES string of the molecule is CCc1ccc(C(CC)NCCC(=O)N(C)C)cc1. The van der Waals surface area contributed by atoms with Gasteiger partial charge in [-0.3, -0.25) is 4.79 Å². The quantitative estimate of drug-likeness (QED) is 0.819. The van der Waals surface area contributed by atoms with Crippen LogP contribution in [-0.4, -0.2) is 31.4 Å². The number of hydrogen-bond donors (Lipinski definition) is 1. The maximum atomic E-state index is 11.5. The summed E-state index contributed by atoms with van der Waals surface area (Å²) in [5.41, 5.74) is 2.67. The van der Waals surface area contributed by atoms with Crippen LogP contribution in [0.25, 0.3) is 0 Å². The second-order valence-corrected chi connectivity index (χ2v) is 5.05. The van der Waals surface area contributed by atoms with Gasteiger partial charge in [0.1, 0.15) is 0 Å². The maximum Gasteiger partial charge on any atom is 0.223 e. The topological polar surface area (TPSA) is 32.3 Å². The third-order valence-electron chi connectivity index (χ3n) is 3.43. The van der Waals surface area contributed by atoms with E-state index < -0.39 is 0 Å². The van der Waals surface area contributed by atoms with Crippen molar-refractivity contribution in [3.05, 3.63) is 35.4 Å². The zero-order chi connectivity index (χ0) is 14.3. The Bertz CT molecular complexity index is 384. The first-order valence-electron chi connectivity index (χ1n) is 7.10. The number of benzene rings is 1. The third-order valence-corrected chi connectivity index (χ3v) is 3.43. The number of nitrogens with zero attached hydrogens (tertiary/aromatic N) is 1. The summed E-state index contributed by atoms with van der Waals surface area (Å²) in [4.78, 5) is 13.2. The van der Waals surface area contributed by atoms with Crippen LogP contribution >= 0.6 is 0 Å². The molecular weight excluding hydrogens is 236 g/mol. The molecule has 0 bridgehead atoms. The van der Waals surface area contributed by atoms with Gasteiger partial charge in [0, 0.05) is 33.1 Å². The van der Waals surface area contributed by atoms with E-state index in [0.717, 1.165) is 19.4 Å². The molecule has 0 radical (unpaired) electrons. The Morgan fingerprint density at radius 1 is 1.21 bits per heavy atom. The van der Waals surface area contributed by atoms with E-state index in [2.05, 4.69) is 43.4 Å². The normalized spacial score (nSPS) is 12.2. The van der Waals surface area contributed by atoms with Gasteiger partial charge >= 0.3 is 0 Å². The molecule has 0 aliphatic carbocycles. The number of hydrogen-bond acceptors (Lipinski definition) is 2. The van der Waals surface area contributed by atoms with Crippen LogP contribution in [0.2, 0.25) is 0 Å². The monoisotopic (exact) mass is 262 g/mol. The van der Waals surface area contributed by atoms with Crippen molar-refractivity contribution in [2.75, 3.05) is 20.6 Å². The van der Waals surface area contributed by atoms with Gasteiger partial charge in [0.2, 0.25) is 5.91 Å². The molecule has 0 aromatic heterocycles. The number of aryl methyl sites for hydroxylation is 1. The van der Waals surface area contributed by atoms with E-state index in [4.69, 9.17) is 0 Å². The predicted octanol–water partition coefficient (Wildman–Crippen LogP) is 2.77. The van der Waals surface area contributed by atoms with Crippen molar-refractivity contribution in [2.45, 2.75) is 39.2 Å². The van der Waals surface area contributed by atoms with Crippen LogP contribution in [0, 0.1) is 0 Å². The van der Waals surface area contributed by atoms with E-state index in [1.165, 1.54) is 11.1 Å². The van der Waals surface area contributed by atoms with Crippen molar-refractivity contribution in [3.8, 4) is 0 Å². The second kappa shape index (κ2) is 7.95. The Labute approximate surface area is 117 Å². The molecule has 1 aromatic carbocycles. The zero-order valence-corrected chi connectivity index (χ0v) is 12.6. The van der Waals surface area contributed by atoms with Crippen molar-refractivity contribution in [2.24, 2.45) is 0 Å². The molecule has 0 heterocycles. The molecule has 1 rings (SSSR count). The molecular formula is C16H26N2O. The lowest BCUT2D eigenvalue weighted by Crippen LogP contribution is -2.28. The molecule has 0 fully saturated rings. The summed E-state index contributed by atoms with van der Waals surface area (Å²) in [6, 6.07) is 9.08. The lowest BCUT2D eigenvalue weighted by molar-refractivity contribution is -0.128. The minimum Gasteiger partial charge on any atom is -0.349 e. The van der Waals surface area contributed by atoms with Crippen LogP contribution in [0.1, 0.15) is 43.9 Å². The fraction of sp³-hybridized carbons (Fsp3) is 0.562. The first kappa shape index (κ1) is 15.7. The number of carbonyl (C=O) groups is 1. The summed E-state index contributed by atoms with van der Waals surface area (Å²) < 4.78 is 0. The lowest BCUT2D eigenvalue weighted by Gasteiger charge is -2.18. The van der Waals surface area contributed by atoms with Crippen molar-refractivity contribution in [1.82, 2.24) is 10.2 Å². The molecule has 0 aliphatic rings. The molecule has 1 N–H and O–H groups in total. The first-order valence-corrected chi connectivity index (χ1v) is 7.10. The first-order chi connectivity index (χ1) is 9.08. The summed E-state index contributed by atoms with van der Waals surface area (Å²) in [7, 11) is 3.59. The fourth-order valence-electron chi connectivity index (χ4n) is 2.06.